The first-order valence-electron chi connectivity index (χ1n) is 11.5. The van der Waals surface area contributed by atoms with Gasteiger partial charge in [-0.15, -0.1) is 11.3 Å². The van der Waals surface area contributed by atoms with Crippen molar-refractivity contribution in [1.82, 2.24) is 4.90 Å². The van der Waals surface area contributed by atoms with Crippen molar-refractivity contribution >= 4 is 45.1 Å². The Bertz CT molecular complexity index is 1120. The summed E-state index contributed by atoms with van der Waals surface area (Å²) in [6.07, 6.45) is 3.00. The first-order chi connectivity index (χ1) is 16.2. The van der Waals surface area contributed by atoms with Gasteiger partial charge < -0.3 is 19.8 Å². The minimum Gasteiger partial charge on any atom is -0.479 e. The molecular weight excluding hydrogens is 534 g/mol. The molecule has 0 spiro atoms. The molecule has 190 valence electrons. The SMILES string of the molecule is CC(=O)N(Cc1cccc(-c2sc(C(=O)O)c(OCC(=O)O)c2Br)c1)C1CC(C)(C)CC(C)(C)C1. The molecule has 1 saturated carbocycles. The van der Waals surface area contributed by atoms with E-state index in [1.54, 1.807) is 6.92 Å². The number of ether oxygens (including phenoxy) is 1. The minimum absolute atomic E-state index is 0.00216. The van der Waals surface area contributed by atoms with Crippen LogP contribution in [0.1, 0.15) is 69.1 Å². The second-order valence-corrected chi connectivity index (χ2v) is 12.6. The van der Waals surface area contributed by atoms with Crippen LogP contribution in [0.15, 0.2) is 28.7 Å². The van der Waals surface area contributed by atoms with Gasteiger partial charge in [-0.3, -0.25) is 4.79 Å². The zero-order chi connectivity index (χ0) is 26.1. The molecule has 0 saturated heterocycles. The molecule has 0 unspecified atom stereocenters. The van der Waals surface area contributed by atoms with E-state index in [9.17, 15) is 19.5 Å². The van der Waals surface area contributed by atoms with E-state index in [0.29, 0.717) is 15.9 Å². The van der Waals surface area contributed by atoms with E-state index in [4.69, 9.17) is 9.84 Å². The largest absolute Gasteiger partial charge is 0.479 e. The molecule has 1 fully saturated rings. The summed E-state index contributed by atoms with van der Waals surface area (Å²) in [7, 11) is 0. The molecule has 2 N–H and O–H groups in total. The molecule has 2 aromatic rings. The van der Waals surface area contributed by atoms with Gasteiger partial charge in [-0.1, -0.05) is 45.9 Å². The molecule has 9 heteroatoms. The van der Waals surface area contributed by atoms with Crippen molar-refractivity contribution in [3.05, 3.63) is 39.2 Å². The van der Waals surface area contributed by atoms with Crippen molar-refractivity contribution in [3.8, 4) is 16.2 Å². The zero-order valence-corrected chi connectivity index (χ0v) is 23.1. The molecule has 7 nitrogen and oxygen atoms in total. The van der Waals surface area contributed by atoms with Crippen LogP contribution >= 0.6 is 27.3 Å². The van der Waals surface area contributed by atoms with E-state index in [1.807, 2.05) is 29.2 Å². The van der Waals surface area contributed by atoms with Crippen LogP contribution in [0.5, 0.6) is 5.75 Å². The minimum atomic E-state index is -1.19. The maximum absolute atomic E-state index is 12.7. The number of carbonyl (C=O) groups excluding carboxylic acids is 1. The Balaban J connectivity index is 1.92. The number of carboxylic acids is 2. The Morgan fingerprint density at radius 2 is 1.77 bits per heavy atom. The Morgan fingerprint density at radius 1 is 1.14 bits per heavy atom. The van der Waals surface area contributed by atoms with Gasteiger partial charge in [0.1, 0.15) is 0 Å². The van der Waals surface area contributed by atoms with E-state index in [1.165, 1.54) is 0 Å². The number of hydrogen-bond acceptors (Lipinski definition) is 5. The van der Waals surface area contributed by atoms with E-state index < -0.39 is 18.5 Å². The number of carboxylic acid groups (broad SMARTS) is 2. The Labute approximate surface area is 218 Å². The standard InChI is InChI=1S/C26H32BrNO6S/c1-15(29)28(18-10-25(2,3)14-26(4,5)11-18)12-16-7-6-8-17(9-16)22-20(27)21(34-13-19(30)31)23(35-22)24(32)33/h6-9,18H,10-14H2,1-5H3,(H,30,31)(H,32,33). The molecule has 1 aliphatic carbocycles. The highest BCUT2D eigenvalue weighted by molar-refractivity contribution is 9.10. The quantitative estimate of drug-likeness (QED) is 0.389. The Hall–Kier alpha value is -2.39. The molecule has 3 rings (SSSR count). The number of aromatic carboxylic acids is 1. The summed E-state index contributed by atoms with van der Waals surface area (Å²) >= 11 is 4.42. The second-order valence-electron chi connectivity index (χ2n) is 10.8. The van der Waals surface area contributed by atoms with Crippen LogP contribution < -0.4 is 4.74 Å². The van der Waals surface area contributed by atoms with E-state index in [-0.39, 0.29) is 33.4 Å². The first-order valence-corrected chi connectivity index (χ1v) is 13.1. The maximum atomic E-state index is 12.7. The van der Waals surface area contributed by atoms with Crippen LogP contribution in [-0.4, -0.2) is 45.6 Å². The van der Waals surface area contributed by atoms with Crippen LogP contribution in [0.2, 0.25) is 0 Å². The fourth-order valence-electron chi connectivity index (χ4n) is 5.50. The van der Waals surface area contributed by atoms with Crippen molar-refractivity contribution < 1.29 is 29.3 Å². The van der Waals surface area contributed by atoms with Gasteiger partial charge in [0, 0.05) is 19.5 Å². The predicted octanol–water partition coefficient (Wildman–Crippen LogP) is 6.29. The smallest absolute Gasteiger partial charge is 0.349 e. The molecule has 0 aliphatic heterocycles. The summed E-state index contributed by atoms with van der Waals surface area (Å²) in [6, 6.07) is 7.77. The molecule has 35 heavy (non-hydrogen) atoms. The highest BCUT2D eigenvalue weighted by Crippen LogP contribution is 2.48. The van der Waals surface area contributed by atoms with Crippen molar-refractivity contribution in [1.29, 1.82) is 0 Å². The lowest BCUT2D eigenvalue weighted by Crippen LogP contribution is -2.47. The second kappa shape index (κ2) is 10.3. The number of aliphatic carboxylic acids is 1. The highest BCUT2D eigenvalue weighted by Gasteiger charge is 2.41. The number of halogens is 1. The van der Waals surface area contributed by atoms with E-state index in [0.717, 1.165) is 41.7 Å². The van der Waals surface area contributed by atoms with Crippen LogP contribution in [0.4, 0.5) is 0 Å². The molecule has 0 atom stereocenters. The first kappa shape index (κ1) is 27.2. The van der Waals surface area contributed by atoms with Gasteiger partial charge in [-0.25, -0.2) is 9.59 Å². The molecule has 1 aliphatic rings. The lowest BCUT2D eigenvalue weighted by Gasteiger charge is -2.48. The van der Waals surface area contributed by atoms with Crippen LogP contribution in [0.3, 0.4) is 0 Å². The third kappa shape index (κ3) is 6.64. The summed E-state index contributed by atoms with van der Waals surface area (Å²) in [5.41, 5.74) is 1.98. The number of thiophene rings is 1. The van der Waals surface area contributed by atoms with Gasteiger partial charge >= 0.3 is 11.9 Å². The maximum Gasteiger partial charge on any atom is 0.349 e. The summed E-state index contributed by atoms with van der Waals surface area (Å²) < 4.78 is 5.67. The lowest BCUT2D eigenvalue weighted by molar-refractivity contribution is -0.139. The topological polar surface area (TPSA) is 104 Å². The van der Waals surface area contributed by atoms with Crippen LogP contribution in [0.25, 0.3) is 10.4 Å². The van der Waals surface area contributed by atoms with Gasteiger partial charge in [-0.05, 0) is 63.2 Å². The number of hydrogen-bond donors (Lipinski definition) is 2. The number of amides is 1. The van der Waals surface area contributed by atoms with Gasteiger partial charge in [0.15, 0.2) is 17.2 Å². The third-order valence-electron chi connectivity index (χ3n) is 6.26. The van der Waals surface area contributed by atoms with Crippen molar-refractivity contribution in [2.24, 2.45) is 10.8 Å². The summed E-state index contributed by atoms with van der Waals surface area (Å²) in [5.74, 6) is -2.35. The van der Waals surface area contributed by atoms with E-state index >= 15 is 0 Å². The Morgan fingerprint density at radius 3 is 2.31 bits per heavy atom. The predicted molar refractivity (Wildman–Crippen MR) is 139 cm³/mol. The number of nitrogens with zero attached hydrogens (tertiary/aromatic N) is 1. The number of rotatable bonds is 8. The van der Waals surface area contributed by atoms with Gasteiger partial charge in [-0.2, -0.15) is 0 Å². The van der Waals surface area contributed by atoms with Gasteiger partial charge in [0.25, 0.3) is 0 Å². The molecule has 1 aromatic heterocycles. The molecule has 1 amide bonds. The lowest BCUT2D eigenvalue weighted by atomic mass is 9.63. The Kier molecular flexibility index (Phi) is 8.01. The van der Waals surface area contributed by atoms with Crippen LogP contribution in [0, 0.1) is 10.8 Å². The monoisotopic (exact) mass is 565 g/mol. The van der Waals surface area contributed by atoms with Crippen LogP contribution in [-0.2, 0) is 16.1 Å². The molecule has 1 aromatic carbocycles. The normalized spacial score (nSPS) is 17.1. The molecule has 0 radical (unpaired) electrons. The molecule has 0 bridgehead atoms. The highest BCUT2D eigenvalue weighted by atomic mass is 79.9. The fourth-order valence-corrected chi connectivity index (χ4v) is 7.39. The zero-order valence-electron chi connectivity index (χ0n) is 20.7. The van der Waals surface area contributed by atoms with E-state index in [2.05, 4.69) is 43.6 Å². The number of carbonyl (C=O) groups is 3. The third-order valence-corrected chi connectivity index (χ3v) is 8.49. The van der Waals surface area contributed by atoms with Gasteiger partial charge in [0.2, 0.25) is 5.91 Å². The fraction of sp³-hybridized carbons (Fsp3) is 0.500. The number of benzene rings is 1. The summed E-state index contributed by atoms with van der Waals surface area (Å²) in [4.78, 5) is 37.9. The van der Waals surface area contributed by atoms with Gasteiger partial charge in [0.05, 0.1) is 9.35 Å². The van der Waals surface area contributed by atoms with Crippen molar-refractivity contribution in [2.75, 3.05) is 6.61 Å². The molecule has 1 heterocycles. The molecular formula is C26H32BrNO6S. The van der Waals surface area contributed by atoms with Crippen molar-refractivity contribution in [2.45, 2.75) is 66.5 Å². The summed E-state index contributed by atoms with van der Waals surface area (Å²) in [5, 5.41) is 18.5. The average molecular weight is 567 g/mol. The average Bonchev–Trinajstić information content (AvgIpc) is 3.04. The summed E-state index contributed by atoms with van der Waals surface area (Å²) in [6.45, 7) is 10.5. The van der Waals surface area contributed by atoms with Crippen molar-refractivity contribution in [3.63, 3.8) is 0 Å².